The average Bonchev–Trinajstić information content (AvgIpc) is 2.27. The Labute approximate surface area is 95.2 Å². The van der Waals surface area contributed by atoms with Gasteiger partial charge in [0, 0.05) is 38.2 Å². The molecule has 0 unspecified atom stereocenters. The van der Waals surface area contributed by atoms with Crippen molar-refractivity contribution < 1.29 is 4.79 Å². The fraction of sp³-hybridized carbons (Fsp3) is 0.800. The van der Waals surface area contributed by atoms with Gasteiger partial charge in [-0.05, 0) is 0 Å². The minimum absolute atomic E-state index is 0.122. The standard InChI is InChI=1S/C10H17N3OS/c1-12(4-2-3-11)10(14)9-13-5-7-15-8-6-13/h2,4-9H2,1H3. The number of carbonyl (C=O) groups excluding carboxylic acids is 1. The number of hydrogen-bond donors (Lipinski definition) is 0. The van der Waals surface area contributed by atoms with E-state index in [9.17, 15) is 4.79 Å². The van der Waals surface area contributed by atoms with Crippen molar-refractivity contribution in [2.24, 2.45) is 0 Å². The minimum Gasteiger partial charge on any atom is -0.344 e. The lowest BCUT2D eigenvalue weighted by molar-refractivity contribution is -0.130. The predicted octanol–water partition coefficient (Wildman–Crippen LogP) is 0.407. The van der Waals surface area contributed by atoms with Gasteiger partial charge in [-0.2, -0.15) is 17.0 Å². The fourth-order valence-electron chi connectivity index (χ4n) is 1.41. The van der Waals surface area contributed by atoms with Crippen LogP contribution >= 0.6 is 11.8 Å². The molecule has 0 spiro atoms. The first-order valence-corrected chi connectivity index (χ1v) is 6.30. The van der Waals surface area contributed by atoms with Crippen molar-refractivity contribution in [3.05, 3.63) is 0 Å². The number of amides is 1. The molecule has 84 valence electrons. The van der Waals surface area contributed by atoms with E-state index in [0.717, 1.165) is 24.6 Å². The first-order valence-electron chi connectivity index (χ1n) is 5.15. The molecule has 1 amide bonds. The Bertz CT molecular complexity index is 246. The summed E-state index contributed by atoms with van der Waals surface area (Å²) < 4.78 is 0. The maximum atomic E-state index is 11.7. The van der Waals surface area contributed by atoms with Crippen LogP contribution in [0.15, 0.2) is 0 Å². The molecule has 1 fully saturated rings. The lowest BCUT2D eigenvalue weighted by Crippen LogP contribution is -2.42. The molecule has 0 radical (unpaired) electrons. The van der Waals surface area contributed by atoms with E-state index in [1.54, 1.807) is 11.9 Å². The summed E-state index contributed by atoms with van der Waals surface area (Å²) in [7, 11) is 1.76. The Balaban J connectivity index is 2.24. The first-order chi connectivity index (χ1) is 7.24. The van der Waals surface area contributed by atoms with Gasteiger partial charge >= 0.3 is 0 Å². The highest BCUT2D eigenvalue weighted by Crippen LogP contribution is 2.08. The van der Waals surface area contributed by atoms with Crippen molar-refractivity contribution in [3.8, 4) is 6.07 Å². The third-order valence-corrected chi connectivity index (χ3v) is 3.39. The van der Waals surface area contributed by atoms with Gasteiger partial charge in [-0.1, -0.05) is 0 Å². The smallest absolute Gasteiger partial charge is 0.236 e. The van der Waals surface area contributed by atoms with Crippen molar-refractivity contribution in [1.29, 1.82) is 5.26 Å². The zero-order valence-corrected chi connectivity index (χ0v) is 9.92. The summed E-state index contributed by atoms with van der Waals surface area (Å²) in [4.78, 5) is 15.5. The topological polar surface area (TPSA) is 47.3 Å². The summed E-state index contributed by atoms with van der Waals surface area (Å²) in [5.41, 5.74) is 0. The summed E-state index contributed by atoms with van der Waals surface area (Å²) in [5, 5.41) is 8.42. The molecule has 0 aromatic carbocycles. The highest BCUT2D eigenvalue weighted by atomic mass is 32.2. The van der Waals surface area contributed by atoms with Gasteiger partial charge in [0.25, 0.3) is 0 Å². The Morgan fingerprint density at radius 3 is 2.80 bits per heavy atom. The number of nitrogens with zero attached hydrogens (tertiary/aromatic N) is 3. The molecule has 1 heterocycles. The Hall–Kier alpha value is -0.730. The van der Waals surface area contributed by atoms with Gasteiger partial charge in [-0.3, -0.25) is 9.69 Å². The van der Waals surface area contributed by atoms with Crippen LogP contribution in [0.5, 0.6) is 0 Å². The summed E-state index contributed by atoms with van der Waals surface area (Å²) in [5.74, 6) is 2.36. The normalized spacial score (nSPS) is 17.1. The van der Waals surface area contributed by atoms with Gasteiger partial charge in [-0.15, -0.1) is 0 Å². The SMILES string of the molecule is CN(CCC#N)C(=O)CN1CCSCC1. The van der Waals surface area contributed by atoms with Gasteiger partial charge in [0.15, 0.2) is 0 Å². The van der Waals surface area contributed by atoms with Crippen LogP contribution in [-0.4, -0.2) is 60.4 Å². The van der Waals surface area contributed by atoms with Gasteiger partial charge < -0.3 is 4.90 Å². The Morgan fingerprint density at radius 1 is 1.53 bits per heavy atom. The molecular formula is C10H17N3OS. The second-order valence-corrected chi connectivity index (χ2v) is 4.84. The number of carbonyl (C=O) groups is 1. The molecule has 1 aliphatic rings. The Morgan fingerprint density at radius 2 is 2.20 bits per heavy atom. The zero-order valence-electron chi connectivity index (χ0n) is 9.11. The monoisotopic (exact) mass is 227 g/mol. The second kappa shape index (κ2) is 6.70. The van der Waals surface area contributed by atoms with Crippen LogP contribution in [0, 0.1) is 11.3 Å². The molecule has 0 N–H and O–H groups in total. The van der Waals surface area contributed by atoms with Crippen LogP contribution in [-0.2, 0) is 4.79 Å². The van der Waals surface area contributed by atoms with E-state index >= 15 is 0 Å². The van der Waals surface area contributed by atoms with Gasteiger partial charge in [0.1, 0.15) is 0 Å². The minimum atomic E-state index is 0.122. The Kier molecular flexibility index (Phi) is 5.51. The highest BCUT2D eigenvalue weighted by molar-refractivity contribution is 7.99. The molecule has 1 saturated heterocycles. The quantitative estimate of drug-likeness (QED) is 0.698. The molecule has 5 heteroatoms. The first kappa shape index (κ1) is 12.3. The maximum Gasteiger partial charge on any atom is 0.236 e. The zero-order chi connectivity index (χ0) is 11.1. The van der Waals surface area contributed by atoms with E-state index in [0.29, 0.717) is 19.5 Å². The third kappa shape index (κ3) is 4.54. The molecule has 15 heavy (non-hydrogen) atoms. The van der Waals surface area contributed by atoms with Crippen molar-refractivity contribution in [2.75, 3.05) is 44.7 Å². The fourth-order valence-corrected chi connectivity index (χ4v) is 2.39. The molecule has 0 aromatic rings. The van der Waals surface area contributed by atoms with Gasteiger partial charge in [0.05, 0.1) is 19.0 Å². The number of nitriles is 1. The largest absolute Gasteiger partial charge is 0.344 e. The highest BCUT2D eigenvalue weighted by Gasteiger charge is 2.16. The summed E-state index contributed by atoms with van der Waals surface area (Å²) in [6.45, 7) is 3.05. The molecule has 0 aromatic heterocycles. The van der Waals surface area contributed by atoms with E-state index in [2.05, 4.69) is 4.90 Å². The molecule has 0 atom stereocenters. The molecule has 0 saturated carbocycles. The van der Waals surface area contributed by atoms with Crippen molar-refractivity contribution in [2.45, 2.75) is 6.42 Å². The number of likely N-dealkylation sites (N-methyl/N-ethyl adjacent to an activating group) is 1. The number of thioether (sulfide) groups is 1. The van der Waals surface area contributed by atoms with Crippen molar-refractivity contribution in [1.82, 2.24) is 9.80 Å². The lowest BCUT2D eigenvalue weighted by Gasteiger charge is -2.27. The third-order valence-electron chi connectivity index (χ3n) is 2.45. The van der Waals surface area contributed by atoms with Crippen LogP contribution in [0.1, 0.15) is 6.42 Å². The van der Waals surface area contributed by atoms with Crippen LogP contribution < -0.4 is 0 Å². The van der Waals surface area contributed by atoms with E-state index in [1.807, 2.05) is 17.8 Å². The average molecular weight is 227 g/mol. The van der Waals surface area contributed by atoms with Crippen LogP contribution in [0.25, 0.3) is 0 Å². The van der Waals surface area contributed by atoms with Crippen molar-refractivity contribution in [3.63, 3.8) is 0 Å². The van der Waals surface area contributed by atoms with E-state index < -0.39 is 0 Å². The molecule has 0 bridgehead atoms. The van der Waals surface area contributed by atoms with E-state index in [4.69, 9.17) is 5.26 Å². The number of hydrogen-bond acceptors (Lipinski definition) is 4. The van der Waals surface area contributed by atoms with Crippen LogP contribution in [0.3, 0.4) is 0 Å². The van der Waals surface area contributed by atoms with Gasteiger partial charge in [-0.25, -0.2) is 0 Å². The molecular weight excluding hydrogens is 210 g/mol. The van der Waals surface area contributed by atoms with Gasteiger partial charge in [0.2, 0.25) is 5.91 Å². The van der Waals surface area contributed by atoms with E-state index in [1.165, 1.54) is 0 Å². The maximum absolute atomic E-state index is 11.7. The summed E-state index contributed by atoms with van der Waals surface area (Å²) in [6, 6.07) is 2.05. The van der Waals surface area contributed by atoms with Crippen LogP contribution in [0.4, 0.5) is 0 Å². The molecule has 1 rings (SSSR count). The summed E-state index contributed by atoms with van der Waals surface area (Å²) >= 11 is 1.94. The molecule has 1 aliphatic heterocycles. The van der Waals surface area contributed by atoms with E-state index in [-0.39, 0.29) is 5.91 Å². The molecule has 0 aliphatic carbocycles. The van der Waals surface area contributed by atoms with Crippen molar-refractivity contribution >= 4 is 17.7 Å². The predicted molar refractivity (Wildman–Crippen MR) is 61.6 cm³/mol. The summed E-state index contributed by atoms with van der Waals surface area (Å²) in [6.07, 6.45) is 0.415. The van der Waals surface area contributed by atoms with Crippen LogP contribution in [0.2, 0.25) is 0 Å². The molecule has 4 nitrogen and oxygen atoms in total. The lowest BCUT2D eigenvalue weighted by atomic mass is 10.4. The number of rotatable bonds is 4. The second-order valence-electron chi connectivity index (χ2n) is 3.61.